The van der Waals surface area contributed by atoms with E-state index in [1.165, 1.54) is 5.56 Å². The average molecular weight is 317 g/mol. The topological polar surface area (TPSA) is 41.1 Å². The molecule has 0 fully saturated rings. The molecular weight excluding hydrogens is 296 g/mol. The summed E-state index contributed by atoms with van der Waals surface area (Å²) in [5, 5.41) is 6.81. The Hall–Kier alpha value is -1.84. The van der Waals surface area contributed by atoms with E-state index in [0.29, 0.717) is 18.0 Å². The van der Waals surface area contributed by atoms with Gasteiger partial charge < -0.3 is 10.6 Å². The Balaban J connectivity index is 1.66. The van der Waals surface area contributed by atoms with Crippen LogP contribution in [0.4, 0.5) is 5.69 Å². The summed E-state index contributed by atoms with van der Waals surface area (Å²) >= 11 is 5.94. The van der Waals surface area contributed by atoms with Crippen LogP contribution in [0.25, 0.3) is 0 Å². The SMILES string of the molecule is Cc1ccc(Cl)cc1NC(=O)CCNCCc1ccccc1. The number of carbonyl (C=O) groups is 1. The molecule has 2 N–H and O–H groups in total. The zero-order chi connectivity index (χ0) is 15.8. The number of anilines is 1. The molecule has 0 spiro atoms. The number of rotatable bonds is 7. The van der Waals surface area contributed by atoms with E-state index in [4.69, 9.17) is 11.6 Å². The van der Waals surface area contributed by atoms with E-state index in [1.807, 2.05) is 37.3 Å². The third-order valence-corrected chi connectivity index (χ3v) is 3.67. The number of nitrogens with one attached hydrogen (secondary N) is 2. The zero-order valence-electron chi connectivity index (χ0n) is 12.7. The molecular formula is C18H21ClN2O. The van der Waals surface area contributed by atoms with Crippen LogP contribution in [0.3, 0.4) is 0 Å². The number of hydrogen-bond acceptors (Lipinski definition) is 2. The highest BCUT2D eigenvalue weighted by Crippen LogP contribution is 2.20. The number of hydrogen-bond donors (Lipinski definition) is 2. The van der Waals surface area contributed by atoms with Crippen LogP contribution < -0.4 is 10.6 Å². The molecule has 0 heterocycles. The van der Waals surface area contributed by atoms with Crippen molar-refractivity contribution in [2.24, 2.45) is 0 Å². The average Bonchev–Trinajstić information content (AvgIpc) is 2.51. The van der Waals surface area contributed by atoms with Gasteiger partial charge in [-0.1, -0.05) is 48.0 Å². The maximum Gasteiger partial charge on any atom is 0.225 e. The van der Waals surface area contributed by atoms with Crippen molar-refractivity contribution >= 4 is 23.2 Å². The predicted molar refractivity (Wildman–Crippen MR) is 92.5 cm³/mol. The van der Waals surface area contributed by atoms with Crippen molar-refractivity contribution in [3.63, 3.8) is 0 Å². The zero-order valence-corrected chi connectivity index (χ0v) is 13.5. The second-order valence-electron chi connectivity index (χ2n) is 5.24. The quantitative estimate of drug-likeness (QED) is 0.763. The Bertz CT molecular complexity index is 614. The molecule has 4 heteroatoms. The largest absolute Gasteiger partial charge is 0.326 e. The lowest BCUT2D eigenvalue weighted by Crippen LogP contribution is -2.23. The number of halogens is 1. The van der Waals surface area contributed by atoms with Gasteiger partial charge in [-0.2, -0.15) is 0 Å². The number of carbonyl (C=O) groups excluding carboxylic acids is 1. The van der Waals surface area contributed by atoms with Gasteiger partial charge in [0.2, 0.25) is 5.91 Å². The number of benzene rings is 2. The molecule has 22 heavy (non-hydrogen) atoms. The molecule has 0 unspecified atom stereocenters. The summed E-state index contributed by atoms with van der Waals surface area (Å²) in [5.74, 6) is -0.00224. The molecule has 0 aromatic heterocycles. The van der Waals surface area contributed by atoms with Crippen LogP contribution in [-0.2, 0) is 11.2 Å². The summed E-state index contributed by atoms with van der Waals surface area (Å²) in [5.41, 5.74) is 3.09. The van der Waals surface area contributed by atoms with Crippen LogP contribution in [-0.4, -0.2) is 19.0 Å². The molecule has 0 saturated carbocycles. The van der Waals surface area contributed by atoms with E-state index >= 15 is 0 Å². The lowest BCUT2D eigenvalue weighted by atomic mass is 10.1. The second kappa shape index (κ2) is 8.57. The molecule has 0 atom stereocenters. The Morgan fingerprint density at radius 1 is 1.09 bits per heavy atom. The predicted octanol–water partition coefficient (Wildman–Crippen LogP) is 3.81. The standard InChI is InChI=1S/C18H21ClN2O/c1-14-7-8-16(19)13-17(14)21-18(22)10-12-20-11-9-15-5-3-2-4-6-15/h2-8,13,20H,9-12H2,1H3,(H,21,22). The molecule has 116 valence electrons. The van der Waals surface area contributed by atoms with Crippen molar-refractivity contribution in [1.29, 1.82) is 0 Å². The van der Waals surface area contributed by atoms with E-state index in [2.05, 4.69) is 22.8 Å². The Kier molecular flexibility index (Phi) is 6.44. The van der Waals surface area contributed by atoms with Gasteiger partial charge >= 0.3 is 0 Å². The summed E-state index contributed by atoms with van der Waals surface area (Å²) in [7, 11) is 0. The van der Waals surface area contributed by atoms with Crippen LogP contribution in [0.2, 0.25) is 5.02 Å². The molecule has 2 aromatic carbocycles. The fourth-order valence-electron chi connectivity index (χ4n) is 2.15. The molecule has 0 saturated heterocycles. The maximum absolute atomic E-state index is 11.9. The van der Waals surface area contributed by atoms with Gasteiger partial charge in [-0.05, 0) is 43.1 Å². The first kappa shape index (κ1) is 16.5. The maximum atomic E-state index is 11.9. The Morgan fingerprint density at radius 3 is 2.64 bits per heavy atom. The van der Waals surface area contributed by atoms with E-state index in [-0.39, 0.29) is 5.91 Å². The lowest BCUT2D eigenvalue weighted by Gasteiger charge is -2.09. The van der Waals surface area contributed by atoms with Gasteiger partial charge in [0.15, 0.2) is 0 Å². The minimum absolute atomic E-state index is 0.00224. The normalized spacial score (nSPS) is 10.5. The van der Waals surface area contributed by atoms with Gasteiger partial charge in [0, 0.05) is 23.7 Å². The Morgan fingerprint density at radius 2 is 1.86 bits per heavy atom. The van der Waals surface area contributed by atoms with Crippen LogP contribution in [0.5, 0.6) is 0 Å². The monoisotopic (exact) mass is 316 g/mol. The van der Waals surface area contributed by atoms with Crippen LogP contribution >= 0.6 is 11.6 Å². The van der Waals surface area contributed by atoms with Crippen LogP contribution in [0.15, 0.2) is 48.5 Å². The van der Waals surface area contributed by atoms with Gasteiger partial charge in [0.05, 0.1) is 0 Å². The molecule has 0 bridgehead atoms. The van der Waals surface area contributed by atoms with E-state index in [1.54, 1.807) is 6.07 Å². The fourth-order valence-corrected chi connectivity index (χ4v) is 2.32. The molecule has 3 nitrogen and oxygen atoms in total. The van der Waals surface area contributed by atoms with Gasteiger partial charge in [0.1, 0.15) is 0 Å². The molecule has 2 rings (SSSR count). The van der Waals surface area contributed by atoms with E-state index < -0.39 is 0 Å². The molecule has 0 radical (unpaired) electrons. The molecule has 0 aliphatic rings. The minimum Gasteiger partial charge on any atom is -0.326 e. The molecule has 2 aromatic rings. The van der Waals surface area contributed by atoms with Crippen molar-refractivity contribution in [1.82, 2.24) is 5.32 Å². The van der Waals surface area contributed by atoms with Gasteiger partial charge in [-0.25, -0.2) is 0 Å². The number of aryl methyl sites for hydroxylation is 1. The van der Waals surface area contributed by atoms with Gasteiger partial charge in [-0.15, -0.1) is 0 Å². The second-order valence-corrected chi connectivity index (χ2v) is 5.68. The van der Waals surface area contributed by atoms with Gasteiger partial charge in [-0.3, -0.25) is 4.79 Å². The summed E-state index contributed by atoms with van der Waals surface area (Å²) in [6.07, 6.45) is 1.41. The summed E-state index contributed by atoms with van der Waals surface area (Å²) < 4.78 is 0. The highest BCUT2D eigenvalue weighted by Gasteiger charge is 2.05. The molecule has 1 amide bonds. The fraction of sp³-hybridized carbons (Fsp3) is 0.278. The summed E-state index contributed by atoms with van der Waals surface area (Å²) in [6, 6.07) is 15.8. The van der Waals surface area contributed by atoms with E-state index in [9.17, 15) is 4.79 Å². The van der Waals surface area contributed by atoms with E-state index in [0.717, 1.165) is 24.2 Å². The van der Waals surface area contributed by atoms with Crippen molar-refractivity contribution in [2.45, 2.75) is 19.8 Å². The van der Waals surface area contributed by atoms with Crippen molar-refractivity contribution in [2.75, 3.05) is 18.4 Å². The third kappa shape index (κ3) is 5.51. The first-order valence-electron chi connectivity index (χ1n) is 7.46. The highest BCUT2D eigenvalue weighted by atomic mass is 35.5. The van der Waals surface area contributed by atoms with Crippen LogP contribution in [0.1, 0.15) is 17.5 Å². The Labute approximate surface area is 136 Å². The number of amides is 1. The van der Waals surface area contributed by atoms with Crippen molar-refractivity contribution in [3.05, 3.63) is 64.7 Å². The molecule has 0 aliphatic carbocycles. The smallest absolute Gasteiger partial charge is 0.225 e. The van der Waals surface area contributed by atoms with Gasteiger partial charge in [0.25, 0.3) is 0 Å². The first-order valence-corrected chi connectivity index (χ1v) is 7.83. The first-order chi connectivity index (χ1) is 10.6. The summed E-state index contributed by atoms with van der Waals surface area (Å²) in [4.78, 5) is 11.9. The highest BCUT2D eigenvalue weighted by molar-refractivity contribution is 6.31. The van der Waals surface area contributed by atoms with Crippen LogP contribution in [0, 0.1) is 6.92 Å². The summed E-state index contributed by atoms with van der Waals surface area (Å²) in [6.45, 7) is 3.48. The van der Waals surface area contributed by atoms with Crippen molar-refractivity contribution in [3.8, 4) is 0 Å². The molecule has 0 aliphatic heterocycles. The van der Waals surface area contributed by atoms with Crippen molar-refractivity contribution < 1.29 is 4.79 Å². The minimum atomic E-state index is -0.00224. The third-order valence-electron chi connectivity index (χ3n) is 3.44. The lowest BCUT2D eigenvalue weighted by molar-refractivity contribution is -0.116.